The Morgan fingerprint density at radius 3 is 2.17 bits per heavy atom. The van der Waals surface area contributed by atoms with Crippen LogP contribution in [0.3, 0.4) is 0 Å². The van der Waals surface area contributed by atoms with E-state index in [-0.39, 0.29) is 18.3 Å². The second-order valence-corrected chi connectivity index (χ2v) is 11.0. The number of sulfonamides is 1. The van der Waals surface area contributed by atoms with Gasteiger partial charge in [-0.05, 0) is 49.7 Å². The molecule has 4 aromatic rings. The Morgan fingerprint density at radius 1 is 0.976 bits per heavy atom. The molecule has 0 fully saturated rings. The second kappa shape index (κ2) is 12.2. The smallest absolute Gasteiger partial charge is 0.246 e. The third-order valence-electron chi connectivity index (χ3n) is 6.55. The van der Waals surface area contributed by atoms with Crippen molar-refractivity contribution in [1.82, 2.24) is 19.7 Å². The molecule has 0 unspecified atom stereocenters. The minimum Gasteiger partial charge on any atom is -0.494 e. The number of rotatable bonds is 11. The maximum Gasteiger partial charge on any atom is 0.246 e. The van der Waals surface area contributed by atoms with E-state index in [0.29, 0.717) is 39.9 Å². The molecule has 2 atom stereocenters. The van der Waals surface area contributed by atoms with Crippen molar-refractivity contribution in [2.24, 2.45) is 0 Å². The first-order valence-corrected chi connectivity index (χ1v) is 14.1. The summed E-state index contributed by atoms with van der Waals surface area (Å²) in [5, 5.41) is 27.5. The number of para-hydroxylation sites is 1. The van der Waals surface area contributed by atoms with Crippen LogP contribution in [0.2, 0.25) is 0 Å². The van der Waals surface area contributed by atoms with Gasteiger partial charge in [0.15, 0.2) is 5.82 Å². The average molecular weight is 579 g/mol. The van der Waals surface area contributed by atoms with Crippen LogP contribution in [0, 0.1) is 11.3 Å². The summed E-state index contributed by atoms with van der Waals surface area (Å²) in [5.41, 5.74) is 1.45. The quantitative estimate of drug-likeness (QED) is 0.280. The van der Waals surface area contributed by atoms with E-state index >= 15 is 0 Å². The van der Waals surface area contributed by atoms with Gasteiger partial charge in [-0.15, -0.1) is 10.2 Å². The first-order valence-electron chi connectivity index (χ1n) is 12.6. The number of nitriles is 1. The molecule has 0 spiro atoms. The Morgan fingerprint density at radius 2 is 1.61 bits per heavy atom. The molecule has 0 radical (unpaired) electrons. The van der Waals surface area contributed by atoms with E-state index in [1.807, 2.05) is 6.07 Å². The van der Waals surface area contributed by atoms with Crippen LogP contribution < -0.4 is 18.5 Å². The maximum atomic E-state index is 14.1. The first-order chi connectivity index (χ1) is 19.7. The molecule has 0 aliphatic rings. The lowest BCUT2D eigenvalue weighted by Crippen LogP contribution is -2.41. The maximum absolute atomic E-state index is 14.1. The molecular weight excluding hydrogens is 548 g/mol. The Bertz CT molecular complexity index is 1640. The van der Waals surface area contributed by atoms with Gasteiger partial charge in [-0.25, -0.2) is 17.7 Å². The van der Waals surface area contributed by atoms with Gasteiger partial charge in [0.1, 0.15) is 28.1 Å². The molecule has 0 aliphatic heterocycles. The van der Waals surface area contributed by atoms with Gasteiger partial charge in [0.2, 0.25) is 21.9 Å². The molecule has 0 saturated carbocycles. The molecular formula is C28H30N6O6S. The summed E-state index contributed by atoms with van der Waals surface area (Å²) < 4.78 is 47.3. The molecule has 2 aromatic heterocycles. The van der Waals surface area contributed by atoms with Crippen LogP contribution in [0.25, 0.3) is 17.2 Å². The number of nitrogens with zero attached hydrogens (tertiary/aromatic N) is 6. The molecule has 214 valence electrons. The van der Waals surface area contributed by atoms with E-state index in [1.54, 1.807) is 43.3 Å². The van der Waals surface area contributed by atoms with Crippen molar-refractivity contribution in [3.05, 3.63) is 71.8 Å². The Labute approximate surface area is 238 Å². The normalized spacial score (nSPS) is 12.7. The van der Waals surface area contributed by atoms with Crippen molar-refractivity contribution < 1.29 is 27.7 Å². The van der Waals surface area contributed by atoms with Gasteiger partial charge < -0.3 is 19.3 Å². The van der Waals surface area contributed by atoms with Gasteiger partial charge in [-0.2, -0.15) is 5.26 Å². The summed E-state index contributed by atoms with van der Waals surface area (Å²) in [7, 11) is 0.198. The second-order valence-electron chi connectivity index (χ2n) is 8.83. The number of pyridine rings is 1. The Balaban J connectivity index is 1.92. The summed E-state index contributed by atoms with van der Waals surface area (Å²) in [4.78, 5) is 4.48. The van der Waals surface area contributed by atoms with Crippen LogP contribution in [0.5, 0.6) is 17.4 Å². The van der Waals surface area contributed by atoms with Crippen LogP contribution in [-0.4, -0.2) is 66.4 Å². The van der Waals surface area contributed by atoms with E-state index in [4.69, 9.17) is 19.5 Å². The van der Waals surface area contributed by atoms with Crippen molar-refractivity contribution in [1.29, 1.82) is 5.26 Å². The number of hydrogen-bond acceptors (Lipinski definition) is 10. The fourth-order valence-corrected chi connectivity index (χ4v) is 5.93. The van der Waals surface area contributed by atoms with Crippen molar-refractivity contribution >= 4 is 16.0 Å². The minimum absolute atomic E-state index is 0.0338. The van der Waals surface area contributed by atoms with Gasteiger partial charge in [-0.3, -0.25) is 4.57 Å². The molecule has 41 heavy (non-hydrogen) atoms. The zero-order valence-electron chi connectivity index (χ0n) is 23.2. The topological polar surface area (TPSA) is 153 Å². The number of ether oxygens (including phenoxy) is 3. The lowest BCUT2D eigenvalue weighted by molar-refractivity contribution is 0.176. The Hall–Kier alpha value is -4.67. The summed E-state index contributed by atoms with van der Waals surface area (Å²) in [5.74, 6) is 1.21. The van der Waals surface area contributed by atoms with Crippen molar-refractivity contribution in [3.8, 4) is 40.7 Å². The minimum atomic E-state index is -4.25. The molecule has 12 nitrogen and oxygen atoms in total. The highest BCUT2D eigenvalue weighted by atomic mass is 32.2. The van der Waals surface area contributed by atoms with Gasteiger partial charge in [-0.1, -0.05) is 24.3 Å². The first kappa shape index (κ1) is 29.3. The Kier molecular flexibility index (Phi) is 8.75. The molecule has 0 saturated heterocycles. The van der Waals surface area contributed by atoms with Crippen LogP contribution in [0.1, 0.15) is 31.1 Å². The zero-order chi connectivity index (χ0) is 29.7. The summed E-state index contributed by atoms with van der Waals surface area (Å²) in [6.45, 7) is 3.03. The molecule has 2 heterocycles. The number of aromatic nitrogens is 4. The molecule has 4 rings (SSSR count). The summed E-state index contributed by atoms with van der Waals surface area (Å²) in [6, 6.07) is 18.3. The van der Waals surface area contributed by atoms with Gasteiger partial charge in [0.25, 0.3) is 0 Å². The van der Waals surface area contributed by atoms with E-state index in [1.165, 1.54) is 57.1 Å². The molecule has 2 aromatic carbocycles. The van der Waals surface area contributed by atoms with E-state index in [0.717, 1.165) is 4.31 Å². The summed E-state index contributed by atoms with van der Waals surface area (Å²) in [6.07, 6.45) is -1.39. The van der Waals surface area contributed by atoms with Crippen LogP contribution in [0.15, 0.2) is 60.7 Å². The predicted molar refractivity (Wildman–Crippen MR) is 152 cm³/mol. The molecule has 1 N–H and O–H groups in total. The molecule has 0 amide bonds. The number of benzene rings is 2. The predicted octanol–water partition coefficient (Wildman–Crippen LogP) is 3.50. The number of aliphatic hydroxyl groups is 1. The van der Waals surface area contributed by atoms with Crippen molar-refractivity contribution in [3.63, 3.8) is 0 Å². The molecule has 0 bridgehead atoms. The van der Waals surface area contributed by atoms with Crippen LogP contribution in [-0.2, 0) is 10.0 Å². The largest absolute Gasteiger partial charge is 0.494 e. The van der Waals surface area contributed by atoms with Crippen molar-refractivity contribution in [2.75, 3.05) is 32.2 Å². The van der Waals surface area contributed by atoms with Crippen molar-refractivity contribution in [2.45, 2.75) is 25.2 Å². The lowest BCUT2D eigenvalue weighted by atomic mass is 10.1. The standard InChI is InChI=1S/C28H30N6O6S/c1-6-33(41(36,37)18(2)26(35)20-15-13-19(17-29)14-16-20)28-32-31-27(21-9-7-12-24(30-21)40-5)34(28)25-22(38-3)10-8-11-23(25)39-4/h7-16,18,26,35H,6H2,1-5H3/t18-,26+/m0/s1. The van der Waals surface area contributed by atoms with Crippen LogP contribution >= 0.6 is 0 Å². The SMILES string of the molecule is CCN(c1nnc(-c2cccc(OC)n2)n1-c1c(OC)cccc1OC)S(=O)(=O)[C@@H](C)[C@@H](O)c1ccc(C#N)cc1. The molecule has 13 heteroatoms. The van der Waals surface area contributed by atoms with E-state index in [2.05, 4.69) is 15.2 Å². The average Bonchev–Trinajstić information content (AvgIpc) is 3.43. The third-order valence-corrected chi connectivity index (χ3v) is 8.78. The third kappa shape index (κ3) is 5.52. The van der Waals surface area contributed by atoms with E-state index in [9.17, 15) is 13.5 Å². The highest BCUT2D eigenvalue weighted by Gasteiger charge is 2.38. The number of hydrogen-bond donors (Lipinski definition) is 1. The van der Waals surface area contributed by atoms with E-state index < -0.39 is 21.4 Å². The monoisotopic (exact) mass is 578 g/mol. The highest BCUT2D eigenvalue weighted by molar-refractivity contribution is 7.93. The van der Waals surface area contributed by atoms with Gasteiger partial charge in [0, 0.05) is 12.6 Å². The van der Waals surface area contributed by atoms with Gasteiger partial charge in [0.05, 0.1) is 39.1 Å². The summed E-state index contributed by atoms with van der Waals surface area (Å²) >= 11 is 0. The zero-order valence-corrected chi connectivity index (χ0v) is 24.0. The number of aliphatic hydroxyl groups excluding tert-OH is 1. The fourth-order valence-electron chi connectivity index (χ4n) is 4.34. The number of anilines is 1. The number of methoxy groups -OCH3 is 3. The molecule has 0 aliphatic carbocycles. The highest BCUT2D eigenvalue weighted by Crippen LogP contribution is 2.39. The fraction of sp³-hybridized carbons (Fsp3) is 0.286. The van der Waals surface area contributed by atoms with Crippen LogP contribution in [0.4, 0.5) is 5.95 Å². The lowest BCUT2D eigenvalue weighted by Gasteiger charge is -2.29. The van der Waals surface area contributed by atoms with Gasteiger partial charge >= 0.3 is 0 Å².